The van der Waals surface area contributed by atoms with Crippen LogP contribution in [-0.2, 0) is 0 Å². The van der Waals surface area contributed by atoms with Gasteiger partial charge in [0.15, 0.2) is 0 Å². The first-order valence-electron chi connectivity index (χ1n) is 6.55. The first kappa shape index (κ1) is 15.5. The van der Waals surface area contributed by atoms with Crippen molar-refractivity contribution in [1.82, 2.24) is 0 Å². The van der Waals surface area contributed by atoms with E-state index in [1.165, 1.54) is 5.56 Å². The summed E-state index contributed by atoms with van der Waals surface area (Å²) in [5.41, 5.74) is 2.23. The molecule has 1 aromatic rings. The summed E-state index contributed by atoms with van der Waals surface area (Å²) < 4.78 is 0. The maximum atomic E-state index is 10.4. The molecule has 2 heteroatoms. The summed E-state index contributed by atoms with van der Waals surface area (Å²) in [6, 6.07) is 4.22. The van der Waals surface area contributed by atoms with Crippen LogP contribution < -0.4 is 5.30 Å². The molecule has 1 nitrogen and oxygen atoms in total. The van der Waals surface area contributed by atoms with Crippen molar-refractivity contribution in [3.63, 3.8) is 0 Å². The third-order valence-electron chi connectivity index (χ3n) is 3.01. The van der Waals surface area contributed by atoms with Crippen molar-refractivity contribution in [2.45, 2.75) is 65.7 Å². The van der Waals surface area contributed by atoms with E-state index in [4.69, 9.17) is 0 Å². The molecule has 0 aliphatic rings. The molecule has 18 heavy (non-hydrogen) atoms. The monoisotopic (exact) mass is 266 g/mol. The van der Waals surface area contributed by atoms with Gasteiger partial charge in [0, 0.05) is 5.30 Å². The highest BCUT2D eigenvalue weighted by Gasteiger charge is 2.37. The lowest BCUT2D eigenvalue weighted by molar-refractivity contribution is 0.475. The van der Waals surface area contributed by atoms with E-state index >= 15 is 0 Å². The molecule has 0 bridgehead atoms. The molecule has 0 amide bonds. The van der Waals surface area contributed by atoms with E-state index in [-0.39, 0.29) is 10.3 Å². The zero-order valence-corrected chi connectivity index (χ0v) is 13.9. The van der Waals surface area contributed by atoms with Gasteiger partial charge < -0.3 is 5.11 Å². The second kappa shape index (κ2) is 4.85. The van der Waals surface area contributed by atoms with Crippen LogP contribution in [0, 0.1) is 13.8 Å². The van der Waals surface area contributed by atoms with Crippen molar-refractivity contribution in [3.8, 4) is 5.75 Å². The van der Waals surface area contributed by atoms with Gasteiger partial charge in [-0.1, -0.05) is 55.5 Å². The molecule has 0 spiro atoms. The Bertz CT molecular complexity index is 422. The Morgan fingerprint density at radius 1 is 0.889 bits per heavy atom. The third-order valence-corrected chi connectivity index (χ3v) is 6.51. The van der Waals surface area contributed by atoms with Crippen molar-refractivity contribution < 1.29 is 5.11 Å². The minimum absolute atomic E-state index is 0.186. The highest BCUT2D eigenvalue weighted by atomic mass is 31.1. The summed E-state index contributed by atoms with van der Waals surface area (Å²) in [4.78, 5) is 0. The molecule has 0 radical (unpaired) electrons. The van der Waals surface area contributed by atoms with Crippen LogP contribution in [0.1, 0.15) is 52.7 Å². The van der Waals surface area contributed by atoms with E-state index in [2.05, 4.69) is 60.6 Å². The van der Waals surface area contributed by atoms with E-state index in [1.807, 2.05) is 6.92 Å². The highest BCUT2D eigenvalue weighted by molar-refractivity contribution is 7.68. The van der Waals surface area contributed by atoms with Crippen LogP contribution in [0.5, 0.6) is 5.75 Å². The van der Waals surface area contributed by atoms with Gasteiger partial charge in [-0.15, -0.1) is 0 Å². The number of phenols is 1. The second-order valence-corrected chi connectivity index (χ2v) is 11.0. The van der Waals surface area contributed by atoms with Crippen molar-refractivity contribution in [3.05, 3.63) is 23.3 Å². The van der Waals surface area contributed by atoms with Crippen LogP contribution >= 0.6 is 7.92 Å². The van der Waals surface area contributed by atoms with Gasteiger partial charge in [0.1, 0.15) is 5.75 Å². The Morgan fingerprint density at radius 3 is 1.72 bits per heavy atom. The van der Waals surface area contributed by atoms with E-state index in [0.717, 1.165) is 10.9 Å². The standard InChI is InChI=1S/C16H27OP/c1-11-9-12(2)14(17)13(10-11)18(15(3,4)5)16(6,7)8/h9-10,17H,1-8H3. The summed E-state index contributed by atoms with van der Waals surface area (Å²) in [7, 11) is -0.441. The molecular weight excluding hydrogens is 239 g/mol. The predicted molar refractivity (Wildman–Crippen MR) is 83.6 cm³/mol. The molecule has 0 aliphatic carbocycles. The summed E-state index contributed by atoms with van der Waals surface area (Å²) in [6.45, 7) is 17.8. The molecule has 0 heterocycles. The summed E-state index contributed by atoms with van der Waals surface area (Å²) in [6.07, 6.45) is 0. The summed E-state index contributed by atoms with van der Waals surface area (Å²) in [5.74, 6) is 0.497. The molecule has 0 aliphatic heterocycles. The van der Waals surface area contributed by atoms with Gasteiger partial charge in [-0.2, -0.15) is 0 Å². The molecule has 0 saturated carbocycles. The number of benzene rings is 1. The van der Waals surface area contributed by atoms with E-state index in [1.54, 1.807) is 0 Å². The van der Waals surface area contributed by atoms with Gasteiger partial charge in [0.2, 0.25) is 0 Å². The first-order chi connectivity index (χ1) is 7.94. The Labute approximate surface area is 113 Å². The van der Waals surface area contributed by atoms with Crippen LogP contribution in [0.4, 0.5) is 0 Å². The predicted octanol–water partition coefficient (Wildman–Crippen LogP) is 4.71. The lowest BCUT2D eigenvalue weighted by Gasteiger charge is -2.42. The molecule has 1 aromatic carbocycles. The van der Waals surface area contributed by atoms with Crippen LogP contribution in [0.2, 0.25) is 0 Å². The highest BCUT2D eigenvalue weighted by Crippen LogP contribution is 2.59. The maximum Gasteiger partial charge on any atom is 0.126 e. The normalized spacial score (nSPS) is 13.2. The quantitative estimate of drug-likeness (QED) is 0.730. The van der Waals surface area contributed by atoms with Crippen molar-refractivity contribution in [1.29, 1.82) is 0 Å². The average molecular weight is 266 g/mol. The van der Waals surface area contributed by atoms with Crippen molar-refractivity contribution in [2.75, 3.05) is 0 Å². The fourth-order valence-electron chi connectivity index (χ4n) is 2.84. The minimum atomic E-state index is -0.441. The largest absolute Gasteiger partial charge is 0.507 e. The summed E-state index contributed by atoms with van der Waals surface area (Å²) >= 11 is 0. The molecule has 0 saturated heterocycles. The zero-order valence-electron chi connectivity index (χ0n) is 13.0. The second-order valence-electron chi connectivity index (χ2n) is 7.13. The molecule has 0 unspecified atom stereocenters. The van der Waals surface area contributed by atoms with Gasteiger partial charge in [-0.05, 0) is 41.4 Å². The number of hydrogen-bond donors (Lipinski definition) is 1. The first-order valence-corrected chi connectivity index (χ1v) is 7.89. The van der Waals surface area contributed by atoms with Crippen LogP contribution in [-0.4, -0.2) is 15.4 Å². The summed E-state index contributed by atoms with van der Waals surface area (Å²) in [5, 5.41) is 12.0. The zero-order chi connectivity index (χ0) is 14.3. The molecule has 1 rings (SSSR count). The van der Waals surface area contributed by atoms with E-state index in [0.29, 0.717) is 5.75 Å². The fraction of sp³-hybridized carbons (Fsp3) is 0.625. The molecule has 1 N–H and O–H groups in total. The van der Waals surface area contributed by atoms with E-state index in [9.17, 15) is 5.11 Å². The Hall–Kier alpha value is -0.550. The number of hydrogen-bond acceptors (Lipinski definition) is 1. The third kappa shape index (κ3) is 3.26. The van der Waals surface area contributed by atoms with Gasteiger partial charge in [0.25, 0.3) is 0 Å². The number of aryl methyl sites for hydroxylation is 2. The van der Waals surface area contributed by atoms with Crippen LogP contribution in [0.25, 0.3) is 0 Å². The SMILES string of the molecule is Cc1cc(C)c(O)c(P(C(C)(C)C)C(C)(C)C)c1. The molecule has 0 atom stereocenters. The number of rotatable bonds is 1. The van der Waals surface area contributed by atoms with Crippen molar-refractivity contribution in [2.24, 2.45) is 0 Å². The smallest absolute Gasteiger partial charge is 0.126 e. The topological polar surface area (TPSA) is 20.2 Å². The van der Waals surface area contributed by atoms with Crippen molar-refractivity contribution >= 4 is 13.2 Å². The molecule has 0 aromatic heterocycles. The Kier molecular flexibility index (Phi) is 4.18. The fourth-order valence-corrected chi connectivity index (χ4v) is 7.02. The number of aromatic hydroxyl groups is 1. The van der Waals surface area contributed by atoms with Gasteiger partial charge in [-0.25, -0.2) is 0 Å². The minimum Gasteiger partial charge on any atom is -0.507 e. The van der Waals surface area contributed by atoms with Crippen LogP contribution in [0.15, 0.2) is 12.1 Å². The number of phenolic OH excluding ortho intramolecular Hbond substituents is 1. The Morgan fingerprint density at radius 2 is 1.33 bits per heavy atom. The van der Waals surface area contributed by atoms with Gasteiger partial charge in [0.05, 0.1) is 0 Å². The maximum absolute atomic E-state index is 10.4. The average Bonchev–Trinajstić information content (AvgIpc) is 2.08. The van der Waals surface area contributed by atoms with Gasteiger partial charge in [-0.3, -0.25) is 0 Å². The Balaban J connectivity index is 3.49. The molecule has 0 fully saturated rings. The lowest BCUT2D eigenvalue weighted by Crippen LogP contribution is -2.31. The molecule has 102 valence electrons. The van der Waals surface area contributed by atoms with E-state index < -0.39 is 7.92 Å². The lowest BCUT2D eigenvalue weighted by atomic mass is 10.1. The van der Waals surface area contributed by atoms with Crippen LogP contribution in [0.3, 0.4) is 0 Å². The molecular formula is C16H27OP. The van der Waals surface area contributed by atoms with Gasteiger partial charge >= 0.3 is 0 Å².